The molecular weight excluding hydrogens is 270 g/mol. The van der Waals surface area contributed by atoms with Crippen LogP contribution in [0.4, 0.5) is 0 Å². The van der Waals surface area contributed by atoms with Gasteiger partial charge in [0.2, 0.25) is 0 Å². The first-order valence-electron chi connectivity index (χ1n) is 5.06. The molecule has 0 bridgehead atoms. The fourth-order valence-electron chi connectivity index (χ4n) is 1.62. The van der Waals surface area contributed by atoms with Crippen LogP contribution in [-0.4, -0.2) is 11.1 Å². The minimum absolute atomic E-state index is 0.0598. The van der Waals surface area contributed by atoms with Crippen molar-refractivity contribution >= 4 is 21.9 Å². The van der Waals surface area contributed by atoms with E-state index < -0.39 is 11.4 Å². The fourth-order valence-corrected chi connectivity index (χ4v) is 1.89. The van der Waals surface area contributed by atoms with Gasteiger partial charge in [0, 0.05) is 10.5 Å². The molecule has 0 saturated heterocycles. The predicted octanol–water partition coefficient (Wildman–Crippen LogP) is 2.95. The number of halogens is 1. The van der Waals surface area contributed by atoms with Gasteiger partial charge in [0.05, 0.1) is 6.42 Å². The maximum absolute atomic E-state index is 10.7. The molecule has 0 amide bonds. The number of rotatable bonds is 4. The lowest BCUT2D eigenvalue weighted by Gasteiger charge is -2.30. The summed E-state index contributed by atoms with van der Waals surface area (Å²) in [5.41, 5.74) is 6.59. The number of nitrogens with two attached hydrogens (primary N) is 1. The second-order valence-corrected chi connectivity index (χ2v) is 5.50. The average molecular weight is 286 g/mol. The van der Waals surface area contributed by atoms with Gasteiger partial charge in [-0.2, -0.15) is 0 Å². The van der Waals surface area contributed by atoms with Gasteiger partial charge in [-0.15, -0.1) is 0 Å². The second kappa shape index (κ2) is 4.97. The molecule has 0 heterocycles. The fraction of sp³-hybridized carbons (Fsp3) is 0.417. The molecule has 1 rings (SSSR count). The Morgan fingerprint density at radius 3 is 2.38 bits per heavy atom. The van der Waals surface area contributed by atoms with Crippen LogP contribution in [0, 0.1) is 5.41 Å². The lowest BCUT2D eigenvalue weighted by molar-refractivity contribution is -0.139. The molecule has 88 valence electrons. The lowest BCUT2D eigenvalue weighted by atomic mass is 9.78. The van der Waals surface area contributed by atoms with Gasteiger partial charge in [-0.05, 0) is 23.1 Å². The van der Waals surface area contributed by atoms with Gasteiger partial charge >= 0.3 is 5.97 Å². The third-order valence-corrected chi connectivity index (χ3v) is 3.21. The molecule has 0 spiro atoms. The summed E-state index contributed by atoms with van der Waals surface area (Å²) < 4.78 is 0.986. The van der Waals surface area contributed by atoms with Crippen molar-refractivity contribution in [3.63, 3.8) is 0 Å². The number of aliphatic carboxylic acids is 1. The molecule has 1 unspecified atom stereocenters. The first-order valence-corrected chi connectivity index (χ1v) is 5.85. The molecule has 16 heavy (non-hydrogen) atoms. The maximum Gasteiger partial charge on any atom is 0.303 e. The van der Waals surface area contributed by atoms with E-state index in [0.717, 1.165) is 10.0 Å². The van der Waals surface area contributed by atoms with Crippen molar-refractivity contribution in [1.29, 1.82) is 0 Å². The van der Waals surface area contributed by atoms with E-state index in [0.29, 0.717) is 0 Å². The van der Waals surface area contributed by atoms with Crippen molar-refractivity contribution in [2.45, 2.75) is 26.3 Å². The molecule has 0 aliphatic carbocycles. The third-order valence-electron chi connectivity index (χ3n) is 2.68. The molecule has 4 heteroatoms. The largest absolute Gasteiger partial charge is 0.481 e. The van der Waals surface area contributed by atoms with Gasteiger partial charge in [-0.25, -0.2) is 0 Å². The number of hydrogen-bond donors (Lipinski definition) is 2. The summed E-state index contributed by atoms with van der Waals surface area (Å²) in [6.45, 7) is 3.74. The highest BCUT2D eigenvalue weighted by Crippen LogP contribution is 2.34. The molecule has 0 aromatic heterocycles. The Morgan fingerprint density at radius 1 is 1.44 bits per heavy atom. The minimum Gasteiger partial charge on any atom is -0.481 e. The molecule has 1 atom stereocenters. The zero-order valence-electron chi connectivity index (χ0n) is 9.40. The summed E-state index contributed by atoms with van der Waals surface area (Å²) in [5.74, 6) is -0.822. The Hall–Kier alpha value is -0.870. The summed E-state index contributed by atoms with van der Waals surface area (Å²) in [4.78, 5) is 10.7. The van der Waals surface area contributed by atoms with Crippen LogP contribution in [0.5, 0.6) is 0 Å². The van der Waals surface area contributed by atoms with Gasteiger partial charge in [-0.3, -0.25) is 4.79 Å². The summed E-state index contributed by atoms with van der Waals surface area (Å²) in [7, 11) is 0. The van der Waals surface area contributed by atoms with Crippen molar-refractivity contribution in [2.24, 2.45) is 11.1 Å². The summed E-state index contributed by atoms with van der Waals surface area (Å²) >= 11 is 3.35. The number of carboxylic acids is 1. The van der Waals surface area contributed by atoms with Crippen molar-refractivity contribution in [3.8, 4) is 0 Å². The van der Waals surface area contributed by atoms with E-state index in [1.54, 1.807) is 0 Å². The molecule has 0 fully saturated rings. The molecule has 0 aliphatic heterocycles. The molecule has 1 aromatic rings. The van der Waals surface area contributed by atoms with Crippen molar-refractivity contribution in [3.05, 3.63) is 34.3 Å². The van der Waals surface area contributed by atoms with Crippen LogP contribution in [0.1, 0.15) is 31.9 Å². The van der Waals surface area contributed by atoms with Crippen LogP contribution in [0.2, 0.25) is 0 Å². The van der Waals surface area contributed by atoms with E-state index in [2.05, 4.69) is 15.9 Å². The average Bonchev–Trinajstić information content (AvgIpc) is 2.16. The molecule has 0 saturated carbocycles. The van der Waals surface area contributed by atoms with Crippen LogP contribution in [0.3, 0.4) is 0 Å². The molecule has 3 nitrogen and oxygen atoms in total. The van der Waals surface area contributed by atoms with Crippen molar-refractivity contribution < 1.29 is 9.90 Å². The smallest absolute Gasteiger partial charge is 0.303 e. The molecule has 0 aliphatic rings. The van der Waals surface area contributed by atoms with E-state index in [1.807, 2.05) is 38.1 Å². The van der Waals surface area contributed by atoms with E-state index >= 15 is 0 Å². The Kier molecular flexibility index (Phi) is 4.10. The van der Waals surface area contributed by atoms with Gasteiger partial charge < -0.3 is 10.8 Å². The Bertz CT molecular complexity index is 373. The quantitative estimate of drug-likeness (QED) is 0.894. The van der Waals surface area contributed by atoms with E-state index in [-0.39, 0.29) is 12.5 Å². The first kappa shape index (κ1) is 13.2. The van der Waals surface area contributed by atoms with Gasteiger partial charge in [0.15, 0.2) is 0 Å². The molecular formula is C12H16BrNO2. The highest BCUT2D eigenvalue weighted by atomic mass is 79.9. The molecule has 1 aromatic carbocycles. The minimum atomic E-state index is -0.822. The Morgan fingerprint density at radius 2 is 1.94 bits per heavy atom. The van der Waals surface area contributed by atoms with Crippen LogP contribution in [0.25, 0.3) is 0 Å². The highest BCUT2D eigenvalue weighted by Gasteiger charge is 2.30. The number of hydrogen-bond acceptors (Lipinski definition) is 2. The van der Waals surface area contributed by atoms with E-state index in [1.165, 1.54) is 0 Å². The highest BCUT2D eigenvalue weighted by molar-refractivity contribution is 9.10. The SMILES string of the molecule is CC(C)(CC(=O)O)C(N)c1ccc(Br)cc1. The van der Waals surface area contributed by atoms with E-state index in [9.17, 15) is 4.79 Å². The van der Waals surface area contributed by atoms with Crippen LogP contribution < -0.4 is 5.73 Å². The molecule has 3 N–H and O–H groups in total. The van der Waals surface area contributed by atoms with Crippen molar-refractivity contribution in [1.82, 2.24) is 0 Å². The van der Waals surface area contributed by atoms with Crippen LogP contribution in [-0.2, 0) is 4.79 Å². The van der Waals surface area contributed by atoms with E-state index in [4.69, 9.17) is 10.8 Å². The monoisotopic (exact) mass is 285 g/mol. The topological polar surface area (TPSA) is 63.3 Å². The van der Waals surface area contributed by atoms with Gasteiger partial charge in [0.25, 0.3) is 0 Å². The zero-order chi connectivity index (χ0) is 12.3. The number of carbonyl (C=O) groups is 1. The zero-order valence-corrected chi connectivity index (χ0v) is 11.0. The van der Waals surface area contributed by atoms with Gasteiger partial charge in [0.1, 0.15) is 0 Å². The van der Waals surface area contributed by atoms with Crippen molar-refractivity contribution in [2.75, 3.05) is 0 Å². The first-order chi connectivity index (χ1) is 7.33. The van der Waals surface area contributed by atoms with Crippen LogP contribution >= 0.6 is 15.9 Å². The summed E-state index contributed by atoms with van der Waals surface area (Å²) in [6.07, 6.45) is 0.0598. The van der Waals surface area contributed by atoms with Gasteiger partial charge in [-0.1, -0.05) is 41.9 Å². The van der Waals surface area contributed by atoms with Crippen LogP contribution in [0.15, 0.2) is 28.7 Å². The normalized spacial score (nSPS) is 13.5. The third kappa shape index (κ3) is 3.32. The Balaban J connectivity index is 2.88. The predicted molar refractivity (Wildman–Crippen MR) is 67.1 cm³/mol. The molecule has 0 radical (unpaired) electrons. The summed E-state index contributed by atoms with van der Waals surface area (Å²) in [6, 6.07) is 7.37. The standard InChI is InChI=1S/C12H16BrNO2/c1-12(2,7-10(15)16)11(14)8-3-5-9(13)6-4-8/h3-6,11H,7,14H2,1-2H3,(H,15,16). The number of carboxylic acid groups (broad SMARTS) is 1. The lowest BCUT2D eigenvalue weighted by Crippen LogP contribution is -2.31. The number of benzene rings is 1. The second-order valence-electron chi connectivity index (χ2n) is 4.59. The maximum atomic E-state index is 10.7. The Labute approximate surface area is 104 Å². The summed E-state index contributed by atoms with van der Waals surface area (Å²) in [5, 5.41) is 8.83.